The number of rotatable bonds is 3. The Morgan fingerprint density at radius 1 is 1.39 bits per heavy atom. The van der Waals surface area contributed by atoms with Gasteiger partial charge in [0.15, 0.2) is 0 Å². The third kappa shape index (κ3) is 2.32. The molecule has 0 fully saturated rings. The van der Waals surface area contributed by atoms with Crippen molar-refractivity contribution >= 4 is 17.5 Å². The summed E-state index contributed by atoms with van der Waals surface area (Å²) in [7, 11) is 3.57. The van der Waals surface area contributed by atoms with Crippen LogP contribution in [0.3, 0.4) is 0 Å². The summed E-state index contributed by atoms with van der Waals surface area (Å²) in [5.41, 5.74) is 2.61. The smallest absolute Gasteiger partial charge is 0.258 e. The van der Waals surface area contributed by atoms with Crippen LogP contribution in [0.2, 0.25) is 0 Å². The molecule has 0 aliphatic rings. The SMILES string of the molecule is CNc1ccc(C(=O)Nc2ncnn2C)cc1C. The van der Waals surface area contributed by atoms with Gasteiger partial charge in [0.05, 0.1) is 0 Å². The van der Waals surface area contributed by atoms with Crippen molar-refractivity contribution < 1.29 is 4.79 Å². The molecule has 6 heteroatoms. The molecule has 0 saturated carbocycles. The van der Waals surface area contributed by atoms with Gasteiger partial charge in [0.1, 0.15) is 6.33 Å². The number of anilines is 2. The average molecular weight is 245 g/mol. The van der Waals surface area contributed by atoms with Gasteiger partial charge in [0, 0.05) is 25.3 Å². The van der Waals surface area contributed by atoms with Crippen LogP contribution in [0.5, 0.6) is 0 Å². The largest absolute Gasteiger partial charge is 0.388 e. The molecule has 18 heavy (non-hydrogen) atoms. The zero-order chi connectivity index (χ0) is 13.1. The van der Waals surface area contributed by atoms with Gasteiger partial charge in [-0.3, -0.25) is 10.1 Å². The van der Waals surface area contributed by atoms with E-state index in [2.05, 4.69) is 20.7 Å². The molecule has 2 N–H and O–H groups in total. The predicted octanol–water partition coefficient (Wildman–Crippen LogP) is 1.42. The maximum absolute atomic E-state index is 12.0. The van der Waals surface area contributed by atoms with Gasteiger partial charge in [0.2, 0.25) is 5.95 Å². The monoisotopic (exact) mass is 245 g/mol. The van der Waals surface area contributed by atoms with E-state index in [1.165, 1.54) is 11.0 Å². The van der Waals surface area contributed by atoms with Gasteiger partial charge in [-0.2, -0.15) is 10.1 Å². The van der Waals surface area contributed by atoms with Crippen molar-refractivity contribution in [2.24, 2.45) is 7.05 Å². The van der Waals surface area contributed by atoms with E-state index in [1.807, 2.05) is 26.1 Å². The standard InChI is InChI=1S/C12H15N5O/c1-8-6-9(4-5-10(8)13-2)11(18)16-12-14-7-15-17(12)3/h4-7,13H,1-3H3,(H,14,15,16,18). The molecule has 0 unspecified atom stereocenters. The second kappa shape index (κ2) is 4.87. The number of benzene rings is 1. The van der Waals surface area contributed by atoms with E-state index in [4.69, 9.17) is 0 Å². The molecule has 0 atom stereocenters. The van der Waals surface area contributed by atoms with E-state index in [9.17, 15) is 4.79 Å². The Kier molecular flexibility index (Phi) is 3.27. The molecular formula is C12H15N5O. The molecule has 1 aromatic carbocycles. The number of nitrogens with one attached hydrogen (secondary N) is 2. The van der Waals surface area contributed by atoms with E-state index in [0.29, 0.717) is 11.5 Å². The Bertz CT molecular complexity index is 576. The van der Waals surface area contributed by atoms with Crippen LogP contribution in [-0.2, 0) is 7.05 Å². The normalized spacial score (nSPS) is 10.2. The zero-order valence-electron chi connectivity index (χ0n) is 10.6. The molecule has 0 radical (unpaired) electrons. The van der Waals surface area contributed by atoms with Gasteiger partial charge in [-0.25, -0.2) is 4.68 Å². The lowest BCUT2D eigenvalue weighted by Crippen LogP contribution is -2.15. The van der Waals surface area contributed by atoms with Crippen LogP contribution in [0.4, 0.5) is 11.6 Å². The minimum absolute atomic E-state index is 0.197. The van der Waals surface area contributed by atoms with Gasteiger partial charge in [0.25, 0.3) is 5.91 Å². The molecule has 2 rings (SSSR count). The van der Waals surface area contributed by atoms with Crippen molar-refractivity contribution in [2.75, 3.05) is 17.7 Å². The fraction of sp³-hybridized carbons (Fsp3) is 0.250. The van der Waals surface area contributed by atoms with E-state index >= 15 is 0 Å². The summed E-state index contributed by atoms with van der Waals surface area (Å²) in [5, 5.41) is 9.65. The van der Waals surface area contributed by atoms with Crippen molar-refractivity contribution in [1.82, 2.24) is 14.8 Å². The minimum Gasteiger partial charge on any atom is -0.388 e. The molecule has 1 amide bonds. The highest BCUT2D eigenvalue weighted by Crippen LogP contribution is 2.16. The highest BCUT2D eigenvalue weighted by molar-refractivity contribution is 6.03. The Balaban J connectivity index is 2.19. The van der Waals surface area contributed by atoms with E-state index in [1.54, 1.807) is 13.1 Å². The van der Waals surface area contributed by atoms with Crippen LogP contribution in [-0.4, -0.2) is 27.7 Å². The number of hydrogen-bond acceptors (Lipinski definition) is 4. The number of carbonyl (C=O) groups is 1. The molecule has 0 aliphatic heterocycles. The lowest BCUT2D eigenvalue weighted by molar-refractivity contribution is 0.102. The first-order valence-electron chi connectivity index (χ1n) is 5.55. The second-order valence-corrected chi connectivity index (χ2v) is 3.94. The second-order valence-electron chi connectivity index (χ2n) is 3.94. The molecule has 1 aromatic heterocycles. The third-order valence-corrected chi connectivity index (χ3v) is 2.69. The zero-order valence-corrected chi connectivity index (χ0v) is 10.6. The number of nitrogens with zero attached hydrogens (tertiary/aromatic N) is 3. The van der Waals surface area contributed by atoms with Crippen molar-refractivity contribution in [2.45, 2.75) is 6.92 Å². The predicted molar refractivity (Wildman–Crippen MR) is 69.7 cm³/mol. The van der Waals surface area contributed by atoms with Gasteiger partial charge in [-0.15, -0.1) is 0 Å². The first-order chi connectivity index (χ1) is 8.61. The Hall–Kier alpha value is -2.37. The number of carbonyl (C=O) groups excluding carboxylic acids is 1. The summed E-state index contributed by atoms with van der Waals surface area (Å²) in [6.07, 6.45) is 1.39. The topological polar surface area (TPSA) is 71.8 Å². The molecule has 94 valence electrons. The summed E-state index contributed by atoms with van der Waals surface area (Å²) in [5.74, 6) is 0.229. The molecule has 0 saturated heterocycles. The number of aromatic nitrogens is 3. The highest BCUT2D eigenvalue weighted by atomic mass is 16.1. The fourth-order valence-corrected chi connectivity index (χ4v) is 1.67. The van der Waals surface area contributed by atoms with Gasteiger partial charge in [-0.1, -0.05) is 0 Å². The van der Waals surface area contributed by atoms with Crippen molar-refractivity contribution in [1.29, 1.82) is 0 Å². The molecule has 6 nitrogen and oxygen atoms in total. The maximum Gasteiger partial charge on any atom is 0.258 e. The van der Waals surface area contributed by atoms with Gasteiger partial charge < -0.3 is 5.32 Å². The lowest BCUT2D eigenvalue weighted by atomic mass is 10.1. The molecule has 0 aliphatic carbocycles. The Morgan fingerprint density at radius 3 is 2.72 bits per heavy atom. The summed E-state index contributed by atoms with van der Waals surface area (Å²) in [6, 6.07) is 5.48. The average Bonchev–Trinajstić information content (AvgIpc) is 2.75. The van der Waals surface area contributed by atoms with Crippen LogP contribution in [0.1, 0.15) is 15.9 Å². The minimum atomic E-state index is -0.197. The van der Waals surface area contributed by atoms with Crippen molar-refractivity contribution in [3.63, 3.8) is 0 Å². The number of hydrogen-bond donors (Lipinski definition) is 2. The molecule has 2 aromatic rings. The van der Waals surface area contributed by atoms with Crippen LogP contribution >= 0.6 is 0 Å². The summed E-state index contributed by atoms with van der Waals surface area (Å²) >= 11 is 0. The van der Waals surface area contributed by atoms with E-state index < -0.39 is 0 Å². The maximum atomic E-state index is 12.0. The van der Waals surface area contributed by atoms with Crippen molar-refractivity contribution in [3.8, 4) is 0 Å². The fourth-order valence-electron chi connectivity index (χ4n) is 1.67. The summed E-state index contributed by atoms with van der Waals surface area (Å²) in [6.45, 7) is 1.95. The summed E-state index contributed by atoms with van der Waals surface area (Å²) in [4.78, 5) is 15.9. The Morgan fingerprint density at radius 2 is 2.17 bits per heavy atom. The van der Waals surface area contributed by atoms with Crippen LogP contribution < -0.4 is 10.6 Å². The molecular weight excluding hydrogens is 230 g/mol. The van der Waals surface area contributed by atoms with Crippen LogP contribution in [0, 0.1) is 6.92 Å². The molecule has 0 spiro atoms. The molecule has 0 bridgehead atoms. The van der Waals surface area contributed by atoms with Crippen LogP contribution in [0.25, 0.3) is 0 Å². The van der Waals surface area contributed by atoms with Crippen molar-refractivity contribution in [3.05, 3.63) is 35.7 Å². The molecule has 1 heterocycles. The Labute approximate surface area is 105 Å². The highest BCUT2D eigenvalue weighted by Gasteiger charge is 2.10. The number of aryl methyl sites for hydroxylation is 2. The lowest BCUT2D eigenvalue weighted by Gasteiger charge is -2.08. The number of amides is 1. The first-order valence-corrected chi connectivity index (χ1v) is 5.55. The van der Waals surface area contributed by atoms with E-state index in [0.717, 1.165) is 11.3 Å². The van der Waals surface area contributed by atoms with Crippen LogP contribution in [0.15, 0.2) is 24.5 Å². The first kappa shape index (κ1) is 12.1. The van der Waals surface area contributed by atoms with Gasteiger partial charge in [-0.05, 0) is 30.7 Å². The quantitative estimate of drug-likeness (QED) is 0.857. The van der Waals surface area contributed by atoms with E-state index in [-0.39, 0.29) is 5.91 Å². The summed E-state index contributed by atoms with van der Waals surface area (Å²) < 4.78 is 1.51. The third-order valence-electron chi connectivity index (χ3n) is 2.69. The van der Waals surface area contributed by atoms with Gasteiger partial charge >= 0.3 is 0 Å².